The third-order valence-electron chi connectivity index (χ3n) is 4.40. The average molecular weight is 290 g/mol. The lowest BCUT2D eigenvalue weighted by atomic mass is 9.87. The highest BCUT2D eigenvalue weighted by Crippen LogP contribution is 2.32. The van der Waals surface area contributed by atoms with Crippen molar-refractivity contribution in [2.45, 2.75) is 33.1 Å². The van der Waals surface area contributed by atoms with Crippen LogP contribution in [0.3, 0.4) is 0 Å². The molecule has 0 saturated heterocycles. The molecule has 0 atom stereocenters. The second-order valence-corrected chi connectivity index (χ2v) is 6.54. The third-order valence-corrected chi connectivity index (χ3v) is 4.40. The van der Waals surface area contributed by atoms with Gasteiger partial charge in [-0.1, -0.05) is 18.6 Å². The van der Waals surface area contributed by atoms with Crippen LogP contribution >= 0.6 is 0 Å². The number of fused-ring (bicyclic) bond motifs is 1. The van der Waals surface area contributed by atoms with E-state index in [2.05, 4.69) is 41.1 Å². The van der Waals surface area contributed by atoms with Crippen LogP contribution < -0.4 is 9.80 Å². The van der Waals surface area contributed by atoms with Crippen molar-refractivity contribution in [1.82, 2.24) is 0 Å². The van der Waals surface area contributed by atoms with Gasteiger partial charge in [0.2, 0.25) is 0 Å². The van der Waals surface area contributed by atoms with Gasteiger partial charge in [-0.3, -0.25) is 4.79 Å². The highest BCUT2D eigenvalue weighted by atomic mass is 16.4. The number of carbonyl (C=O) groups is 1. The first-order valence-corrected chi connectivity index (χ1v) is 7.70. The molecule has 1 aromatic carbocycles. The number of hydrogen-bond acceptors (Lipinski definition) is 3. The van der Waals surface area contributed by atoms with Crippen LogP contribution in [0.1, 0.15) is 33.1 Å². The van der Waals surface area contributed by atoms with Gasteiger partial charge in [0.15, 0.2) is 0 Å². The molecule has 1 aliphatic heterocycles. The molecule has 0 bridgehead atoms. The first-order valence-electron chi connectivity index (χ1n) is 7.70. The minimum atomic E-state index is -0.701. The van der Waals surface area contributed by atoms with Crippen LogP contribution in [0.25, 0.3) is 0 Å². The Hall–Kier alpha value is -1.71. The summed E-state index contributed by atoms with van der Waals surface area (Å²) in [4.78, 5) is 15.8. The summed E-state index contributed by atoms with van der Waals surface area (Å²) >= 11 is 0. The van der Waals surface area contributed by atoms with Crippen LogP contribution in [0, 0.1) is 5.41 Å². The molecule has 1 heterocycles. The van der Waals surface area contributed by atoms with Crippen LogP contribution in [0.15, 0.2) is 24.3 Å². The molecule has 21 heavy (non-hydrogen) atoms. The molecule has 1 aromatic rings. The topological polar surface area (TPSA) is 43.8 Å². The summed E-state index contributed by atoms with van der Waals surface area (Å²) in [7, 11) is 2.13. The highest BCUT2D eigenvalue weighted by molar-refractivity contribution is 5.73. The Morgan fingerprint density at radius 3 is 2.52 bits per heavy atom. The number of para-hydroxylation sites is 2. The molecule has 1 N–H and O–H groups in total. The van der Waals surface area contributed by atoms with Gasteiger partial charge in [-0.05, 0) is 38.8 Å². The minimum Gasteiger partial charge on any atom is -0.481 e. The van der Waals surface area contributed by atoms with Gasteiger partial charge < -0.3 is 14.9 Å². The highest BCUT2D eigenvalue weighted by Gasteiger charge is 2.26. The molecule has 116 valence electrons. The van der Waals surface area contributed by atoms with E-state index in [4.69, 9.17) is 5.11 Å². The summed E-state index contributed by atoms with van der Waals surface area (Å²) in [5.74, 6) is -0.701. The van der Waals surface area contributed by atoms with E-state index >= 15 is 0 Å². The molecule has 0 unspecified atom stereocenters. The van der Waals surface area contributed by atoms with Crippen molar-refractivity contribution >= 4 is 17.3 Å². The Labute approximate surface area is 127 Å². The number of benzene rings is 1. The van der Waals surface area contributed by atoms with Crippen molar-refractivity contribution in [2.75, 3.05) is 36.5 Å². The maximum absolute atomic E-state index is 11.1. The molecule has 0 fully saturated rings. The average Bonchev–Trinajstić information content (AvgIpc) is 2.46. The van der Waals surface area contributed by atoms with Gasteiger partial charge in [0.25, 0.3) is 0 Å². The fourth-order valence-electron chi connectivity index (χ4n) is 2.77. The van der Waals surface area contributed by atoms with Crippen molar-refractivity contribution in [1.29, 1.82) is 0 Å². The van der Waals surface area contributed by atoms with E-state index in [-0.39, 0.29) is 0 Å². The van der Waals surface area contributed by atoms with Gasteiger partial charge in [0.1, 0.15) is 0 Å². The predicted molar refractivity (Wildman–Crippen MR) is 87.2 cm³/mol. The molecular formula is C17H26N2O2. The van der Waals surface area contributed by atoms with Gasteiger partial charge in [0, 0.05) is 26.7 Å². The summed E-state index contributed by atoms with van der Waals surface area (Å²) < 4.78 is 0. The Morgan fingerprint density at radius 1 is 1.19 bits per heavy atom. The Bertz CT molecular complexity index is 499. The molecule has 0 saturated carbocycles. The van der Waals surface area contributed by atoms with E-state index in [0.717, 1.165) is 38.9 Å². The molecule has 0 spiro atoms. The van der Waals surface area contributed by atoms with Gasteiger partial charge in [-0.15, -0.1) is 0 Å². The zero-order valence-electron chi connectivity index (χ0n) is 13.3. The van der Waals surface area contributed by atoms with Gasteiger partial charge in [-0.25, -0.2) is 0 Å². The van der Waals surface area contributed by atoms with Crippen LogP contribution in [0.2, 0.25) is 0 Å². The number of hydrogen-bond donors (Lipinski definition) is 1. The second kappa shape index (κ2) is 6.37. The van der Waals surface area contributed by atoms with E-state index in [9.17, 15) is 4.79 Å². The quantitative estimate of drug-likeness (QED) is 0.817. The fraction of sp³-hybridized carbons (Fsp3) is 0.588. The number of anilines is 2. The van der Waals surface area contributed by atoms with Crippen LogP contribution in [-0.4, -0.2) is 37.8 Å². The number of aliphatic carboxylic acids is 1. The summed E-state index contributed by atoms with van der Waals surface area (Å²) in [5, 5.41) is 9.13. The first kappa shape index (κ1) is 15.7. The summed E-state index contributed by atoms with van der Waals surface area (Å²) in [5.41, 5.74) is 1.97. The zero-order chi connectivity index (χ0) is 15.5. The maximum Gasteiger partial charge on any atom is 0.309 e. The lowest BCUT2D eigenvalue weighted by Gasteiger charge is -2.37. The first-order chi connectivity index (χ1) is 9.92. The fourth-order valence-corrected chi connectivity index (χ4v) is 2.77. The molecule has 0 aliphatic carbocycles. The van der Waals surface area contributed by atoms with Gasteiger partial charge >= 0.3 is 5.97 Å². The second-order valence-electron chi connectivity index (χ2n) is 6.54. The molecule has 4 heteroatoms. The van der Waals surface area contributed by atoms with Gasteiger partial charge in [0.05, 0.1) is 16.8 Å². The third kappa shape index (κ3) is 3.69. The number of carboxylic acid groups (broad SMARTS) is 1. The van der Waals surface area contributed by atoms with Crippen LogP contribution in [0.5, 0.6) is 0 Å². The van der Waals surface area contributed by atoms with Crippen molar-refractivity contribution < 1.29 is 9.90 Å². The number of nitrogens with zero attached hydrogens (tertiary/aromatic N) is 2. The van der Waals surface area contributed by atoms with Gasteiger partial charge in [-0.2, -0.15) is 0 Å². The lowest BCUT2D eigenvalue weighted by Crippen LogP contribution is -2.39. The van der Waals surface area contributed by atoms with Crippen LogP contribution in [-0.2, 0) is 4.79 Å². The summed E-state index contributed by atoms with van der Waals surface area (Å²) in [6.45, 7) is 6.69. The van der Waals surface area contributed by atoms with Crippen molar-refractivity contribution in [2.24, 2.45) is 5.41 Å². The van der Waals surface area contributed by atoms with E-state index in [0.29, 0.717) is 0 Å². The summed E-state index contributed by atoms with van der Waals surface area (Å²) in [6, 6.07) is 8.49. The number of carboxylic acids is 1. The molecule has 1 aliphatic rings. The Morgan fingerprint density at radius 2 is 1.86 bits per heavy atom. The normalized spacial score (nSPS) is 15.0. The number of unbranched alkanes of at least 4 members (excludes halogenated alkanes) is 1. The molecule has 2 rings (SSSR count). The molecule has 4 nitrogen and oxygen atoms in total. The smallest absolute Gasteiger partial charge is 0.309 e. The molecule has 0 radical (unpaired) electrons. The van der Waals surface area contributed by atoms with E-state index in [1.807, 2.05) is 0 Å². The Balaban J connectivity index is 1.88. The van der Waals surface area contributed by atoms with E-state index in [1.165, 1.54) is 11.4 Å². The van der Waals surface area contributed by atoms with Crippen LogP contribution in [0.4, 0.5) is 11.4 Å². The van der Waals surface area contributed by atoms with E-state index in [1.54, 1.807) is 13.8 Å². The monoisotopic (exact) mass is 290 g/mol. The van der Waals surface area contributed by atoms with Crippen molar-refractivity contribution in [3.05, 3.63) is 24.3 Å². The minimum absolute atomic E-state index is 0.611. The largest absolute Gasteiger partial charge is 0.481 e. The predicted octanol–water partition coefficient (Wildman–Crippen LogP) is 3.22. The SMILES string of the molecule is CN1CCN(CCCCC(C)(C)C(=O)O)c2ccccc21. The molecule has 0 amide bonds. The van der Waals surface area contributed by atoms with Crippen molar-refractivity contribution in [3.63, 3.8) is 0 Å². The Kier molecular flexibility index (Phi) is 4.76. The lowest BCUT2D eigenvalue weighted by molar-refractivity contribution is -0.147. The number of likely N-dealkylation sites (N-methyl/N-ethyl adjacent to an activating group) is 1. The zero-order valence-corrected chi connectivity index (χ0v) is 13.3. The van der Waals surface area contributed by atoms with Crippen molar-refractivity contribution in [3.8, 4) is 0 Å². The number of rotatable bonds is 6. The van der Waals surface area contributed by atoms with E-state index < -0.39 is 11.4 Å². The standard InChI is InChI=1S/C17H26N2O2/c1-17(2,16(20)21)10-6-7-11-19-13-12-18(3)14-8-4-5-9-15(14)19/h4-5,8-9H,6-7,10-13H2,1-3H3,(H,20,21). The molecule has 0 aromatic heterocycles. The maximum atomic E-state index is 11.1. The summed E-state index contributed by atoms with van der Waals surface area (Å²) in [6.07, 6.45) is 2.72. The molecular weight excluding hydrogens is 264 g/mol.